The minimum absolute atomic E-state index is 0.0282. The molecule has 0 bridgehead atoms. The van der Waals surface area contributed by atoms with E-state index in [1.54, 1.807) is 42.6 Å². The summed E-state index contributed by atoms with van der Waals surface area (Å²) in [7, 11) is 0. The van der Waals surface area contributed by atoms with Crippen LogP contribution >= 0.6 is 11.3 Å². The lowest BCUT2D eigenvalue weighted by Gasteiger charge is -2.08. The number of nitrogens with zero attached hydrogens (tertiary/aromatic N) is 2. The number of rotatable bonds is 20. The zero-order valence-corrected chi connectivity index (χ0v) is 25.6. The molecule has 0 fully saturated rings. The van der Waals surface area contributed by atoms with Gasteiger partial charge in [-0.05, 0) is 49.7 Å². The van der Waals surface area contributed by atoms with E-state index in [-0.39, 0.29) is 11.5 Å². The second-order valence-electron chi connectivity index (χ2n) is 10.6. The molecule has 1 aromatic heterocycles. The number of aromatic nitrogens is 1. The second kappa shape index (κ2) is 19.0. The van der Waals surface area contributed by atoms with Crippen LogP contribution in [0.25, 0.3) is 0 Å². The topological polar surface area (TPSA) is 81.0 Å². The van der Waals surface area contributed by atoms with Crippen molar-refractivity contribution in [3.05, 3.63) is 64.7 Å². The molecule has 0 saturated heterocycles. The smallest absolute Gasteiger partial charge is 0.343 e. The molecule has 222 valence electrons. The lowest BCUT2D eigenvalue weighted by atomic mass is 10.0. The molecule has 6 nitrogen and oxygen atoms in total. The number of carbonyl (C=O) groups is 1. The van der Waals surface area contributed by atoms with E-state index in [9.17, 15) is 9.90 Å². The van der Waals surface area contributed by atoms with Gasteiger partial charge in [-0.3, -0.25) is 0 Å². The van der Waals surface area contributed by atoms with Gasteiger partial charge in [0.25, 0.3) is 0 Å². The second-order valence-corrected chi connectivity index (χ2v) is 11.8. The summed E-state index contributed by atoms with van der Waals surface area (Å²) in [4.78, 5) is 22.1. The van der Waals surface area contributed by atoms with Crippen LogP contribution in [-0.4, -0.2) is 28.9 Å². The van der Waals surface area contributed by atoms with Crippen LogP contribution in [0.3, 0.4) is 0 Å². The Kier molecular flexibility index (Phi) is 15.0. The number of benzene rings is 2. The number of thiazole rings is 1. The lowest BCUT2D eigenvalue weighted by Crippen LogP contribution is -2.08. The largest absolute Gasteiger partial charge is 0.507 e. The standard InChI is InChI=1S/C34H46N2O4S/c1-3-4-5-6-7-8-9-10-11-12-13-14-15-16-23-39-30-20-17-28(18-21-30)33(38)40-31-22-19-29(32(37)24-31)26-36-34-35-25-27(2)41-34/h17-22,24-26,37H,3-16,23H2,1-2H3/b36-26+. The predicted molar refractivity (Wildman–Crippen MR) is 169 cm³/mol. The molecule has 0 aliphatic rings. The lowest BCUT2D eigenvalue weighted by molar-refractivity contribution is 0.0734. The minimum Gasteiger partial charge on any atom is -0.507 e. The third kappa shape index (κ3) is 12.9. The first-order valence-electron chi connectivity index (χ1n) is 15.3. The molecule has 7 heteroatoms. The number of esters is 1. The fraction of sp³-hybridized carbons (Fsp3) is 0.500. The van der Waals surface area contributed by atoms with Crippen molar-refractivity contribution in [3.63, 3.8) is 0 Å². The van der Waals surface area contributed by atoms with E-state index < -0.39 is 5.97 Å². The number of aliphatic imine (C=N–C) groups is 1. The predicted octanol–water partition coefficient (Wildman–Crippen LogP) is 9.99. The Hall–Kier alpha value is -3.19. The number of phenolic OH excluding ortho intramolecular Hbond substituents is 1. The quantitative estimate of drug-likeness (QED) is 0.0624. The summed E-state index contributed by atoms with van der Waals surface area (Å²) in [5.74, 6) is 0.475. The Balaban J connectivity index is 1.26. The van der Waals surface area contributed by atoms with Gasteiger partial charge in [0.05, 0.1) is 12.2 Å². The third-order valence-electron chi connectivity index (χ3n) is 6.99. The zero-order valence-electron chi connectivity index (χ0n) is 24.8. The molecular formula is C34H46N2O4S. The van der Waals surface area contributed by atoms with E-state index in [0.29, 0.717) is 22.9 Å². The first kappa shape index (κ1) is 32.3. The monoisotopic (exact) mass is 578 g/mol. The van der Waals surface area contributed by atoms with E-state index in [2.05, 4.69) is 16.9 Å². The van der Waals surface area contributed by atoms with Gasteiger partial charge in [-0.25, -0.2) is 14.8 Å². The van der Waals surface area contributed by atoms with Gasteiger partial charge < -0.3 is 14.6 Å². The molecule has 2 aromatic carbocycles. The van der Waals surface area contributed by atoms with Gasteiger partial charge in [0.15, 0.2) is 0 Å². The average Bonchev–Trinajstić information content (AvgIpc) is 3.39. The number of hydrogen-bond acceptors (Lipinski definition) is 7. The summed E-state index contributed by atoms with van der Waals surface area (Å²) in [5, 5.41) is 10.9. The SMILES string of the molecule is CCCCCCCCCCCCCCCCOc1ccc(C(=O)Oc2ccc(/C=N/c3ncc(C)s3)c(O)c2)cc1. The highest BCUT2D eigenvalue weighted by Gasteiger charge is 2.11. The molecule has 0 saturated carbocycles. The van der Waals surface area contributed by atoms with Crippen LogP contribution in [0.5, 0.6) is 17.2 Å². The van der Waals surface area contributed by atoms with Gasteiger partial charge in [0.1, 0.15) is 17.2 Å². The summed E-state index contributed by atoms with van der Waals surface area (Å²) in [6, 6.07) is 11.6. The molecule has 0 unspecified atom stereocenters. The van der Waals surface area contributed by atoms with E-state index in [4.69, 9.17) is 9.47 Å². The molecule has 0 radical (unpaired) electrons. The van der Waals surface area contributed by atoms with Crippen molar-refractivity contribution in [1.82, 2.24) is 4.98 Å². The molecule has 1 heterocycles. The highest BCUT2D eigenvalue weighted by atomic mass is 32.1. The summed E-state index contributed by atoms with van der Waals surface area (Å²) in [6.07, 6.45) is 22.0. The van der Waals surface area contributed by atoms with Gasteiger partial charge in [-0.15, -0.1) is 11.3 Å². The summed E-state index contributed by atoms with van der Waals surface area (Å²) < 4.78 is 11.3. The fourth-order valence-corrected chi connectivity index (χ4v) is 5.17. The summed E-state index contributed by atoms with van der Waals surface area (Å²) in [5.41, 5.74) is 0.927. The number of carbonyl (C=O) groups excluding carboxylic acids is 1. The van der Waals surface area contributed by atoms with Crippen molar-refractivity contribution in [2.45, 2.75) is 104 Å². The molecular weight excluding hydrogens is 532 g/mol. The zero-order chi connectivity index (χ0) is 29.1. The van der Waals surface area contributed by atoms with E-state index in [0.717, 1.165) is 17.0 Å². The Morgan fingerprint density at radius 3 is 2.00 bits per heavy atom. The van der Waals surface area contributed by atoms with Crippen LogP contribution in [0, 0.1) is 6.92 Å². The van der Waals surface area contributed by atoms with Gasteiger partial charge >= 0.3 is 5.97 Å². The summed E-state index contributed by atoms with van der Waals surface area (Å²) >= 11 is 1.47. The number of aryl methyl sites for hydroxylation is 1. The van der Waals surface area contributed by atoms with Gasteiger partial charge in [-0.1, -0.05) is 90.4 Å². The molecule has 0 spiro atoms. The molecule has 0 aliphatic heterocycles. The van der Waals surface area contributed by atoms with Gasteiger partial charge in [-0.2, -0.15) is 0 Å². The van der Waals surface area contributed by atoms with Crippen LogP contribution < -0.4 is 9.47 Å². The molecule has 3 rings (SSSR count). The Morgan fingerprint density at radius 2 is 1.44 bits per heavy atom. The number of hydrogen-bond donors (Lipinski definition) is 1. The van der Waals surface area contributed by atoms with Crippen molar-refractivity contribution in [1.29, 1.82) is 0 Å². The normalized spacial score (nSPS) is 11.3. The third-order valence-corrected chi connectivity index (χ3v) is 7.81. The maximum absolute atomic E-state index is 12.6. The number of ether oxygens (including phenoxy) is 2. The molecule has 3 aromatic rings. The Bertz CT molecular complexity index is 1190. The van der Waals surface area contributed by atoms with Crippen LogP contribution in [0.4, 0.5) is 5.13 Å². The van der Waals surface area contributed by atoms with E-state index in [1.807, 2.05) is 6.92 Å². The van der Waals surface area contributed by atoms with Crippen LogP contribution in [0.1, 0.15) is 118 Å². The van der Waals surface area contributed by atoms with Crippen LogP contribution in [-0.2, 0) is 0 Å². The summed E-state index contributed by atoms with van der Waals surface area (Å²) in [6.45, 7) is 4.91. The van der Waals surface area contributed by atoms with Crippen molar-refractivity contribution >= 4 is 28.7 Å². The van der Waals surface area contributed by atoms with Crippen molar-refractivity contribution in [3.8, 4) is 17.2 Å². The molecule has 0 aliphatic carbocycles. The Morgan fingerprint density at radius 1 is 0.854 bits per heavy atom. The number of phenols is 1. The highest BCUT2D eigenvalue weighted by Crippen LogP contribution is 2.25. The molecule has 41 heavy (non-hydrogen) atoms. The Labute approximate surface area is 249 Å². The van der Waals surface area contributed by atoms with Crippen LogP contribution in [0.15, 0.2) is 53.7 Å². The maximum atomic E-state index is 12.6. The van der Waals surface area contributed by atoms with Gasteiger partial charge in [0, 0.05) is 28.9 Å². The molecule has 0 atom stereocenters. The maximum Gasteiger partial charge on any atom is 0.343 e. The minimum atomic E-state index is -0.498. The van der Waals surface area contributed by atoms with E-state index >= 15 is 0 Å². The highest BCUT2D eigenvalue weighted by molar-refractivity contribution is 7.15. The van der Waals surface area contributed by atoms with Crippen molar-refractivity contribution < 1.29 is 19.4 Å². The number of unbranched alkanes of at least 4 members (excludes halogenated alkanes) is 13. The van der Waals surface area contributed by atoms with Crippen molar-refractivity contribution in [2.75, 3.05) is 6.61 Å². The van der Waals surface area contributed by atoms with Gasteiger partial charge in [0.2, 0.25) is 5.13 Å². The molecule has 0 amide bonds. The number of aromatic hydroxyl groups is 1. The first-order chi connectivity index (χ1) is 20.0. The fourth-order valence-electron chi connectivity index (χ4n) is 4.56. The first-order valence-corrected chi connectivity index (χ1v) is 16.1. The van der Waals surface area contributed by atoms with Crippen molar-refractivity contribution in [2.24, 2.45) is 4.99 Å². The van der Waals surface area contributed by atoms with Crippen LogP contribution in [0.2, 0.25) is 0 Å². The van der Waals surface area contributed by atoms with E-state index in [1.165, 1.54) is 107 Å². The average molecular weight is 579 g/mol. The molecule has 1 N–H and O–H groups in total.